The SMILES string of the molecule is COC(=O)c1cc(Cl)ccc1S(=O)(=O)N1CCCCC1CN. The van der Waals surface area contributed by atoms with E-state index in [0.29, 0.717) is 6.54 Å². The number of methoxy groups -OCH3 is 1. The zero-order chi connectivity index (χ0) is 16.3. The number of ether oxygens (including phenoxy) is 1. The van der Waals surface area contributed by atoms with E-state index >= 15 is 0 Å². The van der Waals surface area contributed by atoms with Crippen LogP contribution < -0.4 is 5.73 Å². The number of rotatable bonds is 4. The largest absolute Gasteiger partial charge is 0.465 e. The summed E-state index contributed by atoms with van der Waals surface area (Å²) in [6, 6.07) is 3.84. The van der Waals surface area contributed by atoms with Crippen molar-refractivity contribution in [2.45, 2.75) is 30.2 Å². The first-order chi connectivity index (χ1) is 10.4. The van der Waals surface area contributed by atoms with Gasteiger partial charge in [-0.25, -0.2) is 13.2 Å². The van der Waals surface area contributed by atoms with E-state index in [1.807, 2.05) is 0 Å². The van der Waals surface area contributed by atoms with Crippen molar-refractivity contribution in [2.75, 3.05) is 20.2 Å². The smallest absolute Gasteiger partial charge is 0.339 e. The molecule has 2 rings (SSSR count). The summed E-state index contributed by atoms with van der Waals surface area (Å²) in [5.41, 5.74) is 5.64. The molecule has 1 unspecified atom stereocenters. The van der Waals surface area contributed by atoms with Crippen molar-refractivity contribution in [3.63, 3.8) is 0 Å². The van der Waals surface area contributed by atoms with Crippen molar-refractivity contribution in [1.82, 2.24) is 4.31 Å². The molecule has 1 fully saturated rings. The van der Waals surface area contributed by atoms with E-state index in [1.165, 1.54) is 29.6 Å². The Kier molecular flexibility index (Phi) is 5.44. The zero-order valence-corrected chi connectivity index (χ0v) is 13.9. The number of benzene rings is 1. The lowest BCUT2D eigenvalue weighted by atomic mass is 10.1. The molecular weight excluding hydrogens is 328 g/mol. The van der Waals surface area contributed by atoms with E-state index in [-0.39, 0.29) is 28.1 Å². The van der Waals surface area contributed by atoms with E-state index in [4.69, 9.17) is 17.3 Å². The van der Waals surface area contributed by atoms with Gasteiger partial charge in [-0.05, 0) is 31.0 Å². The summed E-state index contributed by atoms with van der Waals surface area (Å²) in [5, 5.41) is 0.272. The minimum absolute atomic E-state index is 0.0589. The van der Waals surface area contributed by atoms with Gasteiger partial charge in [-0.2, -0.15) is 4.31 Å². The van der Waals surface area contributed by atoms with Gasteiger partial charge in [-0.15, -0.1) is 0 Å². The topological polar surface area (TPSA) is 89.7 Å². The highest BCUT2D eigenvalue weighted by molar-refractivity contribution is 7.89. The number of carbonyl (C=O) groups excluding carboxylic acids is 1. The summed E-state index contributed by atoms with van der Waals surface area (Å²) < 4.78 is 31.9. The minimum Gasteiger partial charge on any atom is -0.465 e. The number of piperidine rings is 1. The van der Waals surface area contributed by atoms with Crippen molar-refractivity contribution in [1.29, 1.82) is 0 Å². The number of nitrogens with two attached hydrogens (primary N) is 1. The fourth-order valence-corrected chi connectivity index (χ4v) is 4.69. The average molecular weight is 347 g/mol. The van der Waals surface area contributed by atoms with Crippen LogP contribution in [-0.4, -0.2) is 44.9 Å². The molecule has 0 radical (unpaired) electrons. The number of carbonyl (C=O) groups is 1. The van der Waals surface area contributed by atoms with Crippen molar-refractivity contribution in [2.24, 2.45) is 5.73 Å². The summed E-state index contributed by atoms with van der Waals surface area (Å²) in [7, 11) is -2.63. The maximum Gasteiger partial charge on any atom is 0.339 e. The predicted molar refractivity (Wildman–Crippen MR) is 83.4 cm³/mol. The average Bonchev–Trinajstić information content (AvgIpc) is 2.53. The third kappa shape index (κ3) is 3.27. The molecule has 0 amide bonds. The van der Waals surface area contributed by atoms with Gasteiger partial charge in [0.2, 0.25) is 10.0 Å². The van der Waals surface area contributed by atoms with Crippen LogP contribution in [0.4, 0.5) is 0 Å². The number of halogens is 1. The molecule has 0 aromatic heterocycles. The van der Waals surface area contributed by atoms with Crippen LogP contribution >= 0.6 is 11.6 Å². The van der Waals surface area contributed by atoms with Crippen LogP contribution in [0.3, 0.4) is 0 Å². The first-order valence-corrected chi connectivity index (χ1v) is 8.83. The minimum atomic E-state index is -3.83. The second-order valence-electron chi connectivity index (χ2n) is 5.13. The number of hydrogen-bond donors (Lipinski definition) is 1. The molecule has 0 spiro atoms. The molecule has 1 saturated heterocycles. The first-order valence-electron chi connectivity index (χ1n) is 7.01. The fraction of sp³-hybridized carbons (Fsp3) is 0.500. The highest BCUT2D eigenvalue weighted by Gasteiger charge is 2.35. The molecule has 22 heavy (non-hydrogen) atoms. The maximum absolute atomic E-state index is 12.9. The Morgan fingerprint density at radius 2 is 2.18 bits per heavy atom. The van der Waals surface area contributed by atoms with Crippen LogP contribution in [-0.2, 0) is 14.8 Å². The molecule has 1 aromatic carbocycles. The monoisotopic (exact) mass is 346 g/mol. The van der Waals surface area contributed by atoms with Crippen molar-refractivity contribution < 1.29 is 17.9 Å². The second-order valence-corrected chi connectivity index (χ2v) is 7.43. The van der Waals surface area contributed by atoms with Crippen molar-refractivity contribution in [3.8, 4) is 0 Å². The number of nitrogens with zero attached hydrogens (tertiary/aromatic N) is 1. The summed E-state index contributed by atoms with van der Waals surface area (Å²) in [6.07, 6.45) is 2.44. The van der Waals surface area contributed by atoms with Gasteiger partial charge in [-0.1, -0.05) is 18.0 Å². The molecule has 1 aliphatic heterocycles. The molecule has 1 aromatic rings. The summed E-state index contributed by atoms with van der Waals surface area (Å²) in [5.74, 6) is -0.734. The Labute approximate surface area is 135 Å². The van der Waals surface area contributed by atoms with Gasteiger partial charge >= 0.3 is 5.97 Å². The van der Waals surface area contributed by atoms with Gasteiger partial charge in [0.25, 0.3) is 0 Å². The van der Waals surface area contributed by atoms with Crippen LogP contribution in [0.15, 0.2) is 23.1 Å². The Balaban J connectivity index is 2.51. The molecule has 6 nitrogen and oxygen atoms in total. The molecule has 1 atom stereocenters. The third-order valence-electron chi connectivity index (χ3n) is 3.78. The van der Waals surface area contributed by atoms with Gasteiger partial charge < -0.3 is 10.5 Å². The first kappa shape index (κ1) is 17.2. The van der Waals surface area contributed by atoms with E-state index in [0.717, 1.165) is 19.3 Å². The molecule has 0 bridgehead atoms. The Hall–Kier alpha value is -1.15. The third-order valence-corrected chi connectivity index (χ3v) is 6.02. The van der Waals surface area contributed by atoms with Gasteiger partial charge in [-0.3, -0.25) is 0 Å². The van der Waals surface area contributed by atoms with E-state index in [2.05, 4.69) is 4.74 Å². The van der Waals surface area contributed by atoms with Gasteiger partial charge in [0, 0.05) is 24.2 Å². The summed E-state index contributed by atoms with van der Waals surface area (Å²) >= 11 is 5.87. The standard InChI is InChI=1S/C14H19ClN2O4S/c1-21-14(18)12-8-10(15)5-6-13(12)22(19,20)17-7-3-2-4-11(17)9-16/h5-6,8,11H,2-4,7,9,16H2,1H3. The highest BCUT2D eigenvalue weighted by Crippen LogP contribution is 2.29. The van der Waals surface area contributed by atoms with Crippen LogP contribution in [0.25, 0.3) is 0 Å². The fourth-order valence-electron chi connectivity index (χ4n) is 2.65. The molecule has 8 heteroatoms. The molecule has 1 heterocycles. The second kappa shape index (κ2) is 6.95. The van der Waals surface area contributed by atoms with E-state index in [9.17, 15) is 13.2 Å². The maximum atomic E-state index is 12.9. The van der Waals surface area contributed by atoms with E-state index in [1.54, 1.807) is 0 Å². The lowest BCUT2D eigenvalue weighted by Gasteiger charge is -2.34. The van der Waals surface area contributed by atoms with Gasteiger partial charge in [0.1, 0.15) is 0 Å². The van der Waals surface area contributed by atoms with E-state index < -0.39 is 16.0 Å². The lowest BCUT2D eigenvalue weighted by molar-refractivity contribution is 0.0596. The number of esters is 1. The Morgan fingerprint density at radius 1 is 1.45 bits per heavy atom. The molecule has 122 valence electrons. The van der Waals surface area contributed by atoms with Crippen LogP contribution in [0.5, 0.6) is 0 Å². The number of sulfonamides is 1. The Morgan fingerprint density at radius 3 is 2.82 bits per heavy atom. The summed E-state index contributed by atoms with van der Waals surface area (Å²) in [6.45, 7) is 0.647. The normalized spacial score (nSPS) is 19.9. The molecule has 0 saturated carbocycles. The highest BCUT2D eigenvalue weighted by atomic mass is 35.5. The summed E-state index contributed by atoms with van der Waals surface area (Å²) in [4.78, 5) is 11.8. The number of hydrogen-bond acceptors (Lipinski definition) is 5. The molecule has 1 aliphatic rings. The van der Waals surface area contributed by atoms with Gasteiger partial charge in [0.05, 0.1) is 17.6 Å². The molecular formula is C14H19ClN2O4S. The quantitative estimate of drug-likeness (QED) is 0.837. The zero-order valence-electron chi connectivity index (χ0n) is 12.3. The Bertz CT molecular complexity index is 663. The predicted octanol–water partition coefficient (Wildman–Crippen LogP) is 1.63. The van der Waals surface area contributed by atoms with Crippen LogP contribution in [0, 0.1) is 0 Å². The van der Waals surface area contributed by atoms with Crippen LogP contribution in [0.2, 0.25) is 5.02 Å². The van der Waals surface area contributed by atoms with Gasteiger partial charge in [0.15, 0.2) is 0 Å². The molecule has 2 N–H and O–H groups in total. The van der Waals surface area contributed by atoms with Crippen molar-refractivity contribution >= 4 is 27.6 Å². The molecule has 0 aliphatic carbocycles. The van der Waals surface area contributed by atoms with Crippen molar-refractivity contribution in [3.05, 3.63) is 28.8 Å². The van der Waals surface area contributed by atoms with Crippen LogP contribution in [0.1, 0.15) is 29.6 Å². The lowest BCUT2D eigenvalue weighted by Crippen LogP contribution is -2.47.